The van der Waals surface area contributed by atoms with Crippen molar-refractivity contribution < 1.29 is 14.6 Å². The van der Waals surface area contributed by atoms with Gasteiger partial charge in [-0.3, -0.25) is 25.0 Å². The third-order valence-corrected chi connectivity index (χ3v) is 3.18. The molecular weight excluding hydrogens is 366 g/mol. The molecule has 0 aliphatic rings. The van der Waals surface area contributed by atoms with Crippen LogP contribution in [0.2, 0.25) is 0 Å². The number of carbonyl (C=O) groups is 1. The monoisotopic (exact) mass is 393 g/mol. The predicted molar refractivity (Wildman–Crippen MR) is 111 cm³/mol. The Labute approximate surface area is 164 Å². The van der Waals surface area contributed by atoms with E-state index in [1.54, 1.807) is 12.1 Å². The first-order valence-corrected chi connectivity index (χ1v) is 7.32. The summed E-state index contributed by atoms with van der Waals surface area (Å²) in [4.78, 5) is 32.0. The fourth-order valence-corrected chi connectivity index (χ4v) is 2.00. The number of nitro groups is 2. The van der Waals surface area contributed by atoms with E-state index in [1.165, 1.54) is 18.2 Å². The van der Waals surface area contributed by atoms with Crippen molar-refractivity contribution in [2.24, 2.45) is 0 Å². The molecule has 2 aromatic carbocycles. The predicted octanol–water partition coefficient (Wildman–Crippen LogP) is 3.50. The van der Waals surface area contributed by atoms with Crippen molar-refractivity contribution >= 4 is 29.0 Å². The van der Waals surface area contributed by atoms with Crippen molar-refractivity contribution in [1.29, 1.82) is 0 Å². The molecule has 0 heterocycles. The Morgan fingerprint density at radius 2 is 1.39 bits per heavy atom. The Bertz CT molecular complexity index is 824. The highest BCUT2D eigenvalue weighted by Crippen LogP contribution is 2.23. The Morgan fingerprint density at radius 1 is 0.929 bits per heavy atom. The fourth-order valence-electron chi connectivity index (χ4n) is 2.00. The molecule has 28 heavy (non-hydrogen) atoms. The summed E-state index contributed by atoms with van der Waals surface area (Å²) in [5.74, 6) is 0. The maximum atomic E-state index is 10.6. The van der Waals surface area contributed by atoms with E-state index in [-0.39, 0.29) is 43.2 Å². The number of hydrogen-bond donors (Lipinski definition) is 2. The Morgan fingerprint density at radius 3 is 1.82 bits per heavy atom. The highest BCUT2D eigenvalue weighted by Gasteiger charge is 2.12. The third-order valence-electron chi connectivity index (χ3n) is 3.18. The van der Waals surface area contributed by atoms with Crippen molar-refractivity contribution in [2.75, 3.05) is 25.6 Å². The summed E-state index contributed by atoms with van der Waals surface area (Å²) in [5.41, 5.74) is 11.9. The zero-order valence-corrected chi connectivity index (χ0v) is 14.3. The second kappa shape index (κ2) is 12.0. The number of carbonyl (C=O) groups excluding carboxylic acids is 1. The van der Waals surface area contributed by atoms with Gasteiger partial charge in [-0.1, -0.05) is 20.9 Å². The fraction of sp³-hybridized carbons (Fsp3) is 0.278. The average Bonchev–Trinajstić information content (AvgIpc) is 2.56. The van der Waals surface area contributed by atoms with Crippen LogP contribution in [0, 0.1) is 20.2 Å². The lowest BCUT2D eigenvalue weighted by atomic mass is 10.1. The zero-order chi connectivity index (χ0) is 19.9. The highest BCUT2D eigenvalue weighted by molar-refractivity contribution is 5.78. The van der Waals surface area contributed by atoms with Crippen molar-refractivity contribution in [2.45, 2.75) is 21.4 Å². The van der Waals surface area contributed by atoms with Crippen LogP contribution >= 0.6 is 0 Å². The summed E-state index contributed by atoms with van der Waals surface area (Å²) < 4.78 is 0. The van der Waals surface area contributed by atoms with E-state index in [4.69, 9.17) is 11.5 Å². The molecule has 0 saturated heterocycles. The van der Waals surface area contributed by atoms with Gasteiger partial charge in [0, 0.05) is 24.2 Å². The number of rotatable bonds is 5. The van der Waals surface area contributed by atoms with Gasteiger partial charge in [0.25, 0.3) is 11.4 Å². The number of nitrogens with zero attached hydrogens (tertiary/aromatic N) is 3. The van der Waals surface area contributed by atoms with Crippen molar-refractivity contribution in [3.63, 3.8) is 0 Å². The minimum Gasteiger partial charge on any atom is -0.393 e. The Kier molecular flexibility index (Phi) is 11.4. The maximum Gasteiger partial charge on any atom is 0.292 e. The van der Waals surface area contributed by atoms with Gasteiger partial charge < -0.3 is 16.4 Å². The van der Waals surface area contributed by atoms with Crippen LogP contribution in [0.3, 0.4) is 0 Å². The van der Waals surface area contributed by atoms with E-state index in [1.807, 2.05) is 19.0 Å². The van der Waals surface area contributed by atoms with E-state index in [0.29, 0.717) is 12.8 Å². The molecule has 2 aromatic rings. The van der Waals surface area contributed by atoms with Crippen LogP contribution in [0.25, 0.3) is 0 Å². The summed E-state index contributed by atoms with van der Waals surface area (Å²) in [5, 5.41) is 20.9. The number of aldehydes is 1. The van der Waals surface area contributed by atoms with Crippen LogP contribution in [0.5, 0.6) is 0 Å². The number of nitro benzene ring substituents is 2. The zero-order valence-electron chi connectivity index (χ0n) is 14.3. The van der Waals surface area contributed by atoms with Crippen LogP contribution in [0.4, 0.5) is 22.7 Å². The molecule has 0 bridgehead atoms. The first-order chi connectivity index (χ1) is 12.1. The van der Waals surface area contributed by atoms with Gasteiger partial charge in [0.2, 0.25) is 0 Å². The molecular formula is C18H27N5O5. The number of benzene rings is 2. The molecule has 4 N–H and O–H groups in total. The molecule has 10 heteroatoms. The van der Waals surface area contributed by atoms with Crippen LogP contribution < -0.4 is 11.5 Å². The van der Waals surface area contributed by atoms with Gasteiger partial charge >= 0.3 is 0 Å². The number of hydrogen-bond acceptors (Lipinski definition) is 8. The van der Waals surface area contributed by atoms with Gasteiger partial charge in [-0.2, -0.15) is 0 Å². The largest absolute Gasteiger partial charge is 0.393 e. The molecule has 10 nitrogen and oxygen atoms in total. The second-order valence-electron chi connectivity index (χ2n) is 5.58. The number of anilines is 2. The summed E-state index contributed by atoms with van der Waals surface area (Å²) in [7, 11) is 3.81. The molecule has 0 aliphatic carbocycles. The standard InChI is InChI=1S/C9H13N3O2.C7H6N2O3.2CH4/c1-11(2)6-7-3-4-8(10)9(5-7)12(13)14;8-6-2-1-5(4-10)3-7(6)9(11)12;;/h3-5H,6,10H2,1-2H3;1-4H,8H2;2*1H4. The molecule has 0 fully saturated rings. The van der Waals surface area contributed by atoms with Crippen molar-refractivity contribution in [3.05, 3.63) is 67.8 Å². The third kappa shape index (κ3) is 7.79. The molecule has 0 amide bonds. The summed E-state index contributed by atoms with van der Waals surface area (Å²) in [6, 6.07) is 8.77. The molecule has 0 atom stereocenters. The van der Waals surface area contributed by atoms with Gasteiger partial charge in [-0.15, -0.1) is 0 Å². The van der Waals surface area contributed by atoms with Crippen LogP contribution in [0.15, 0.2) is 36.4 Å². The SMILES string of the molecule is C.C.CN(C)Cc1ccc(N)c([N+](=O)[O-])c1.Nc1ccc(C=O)cc1[N+](=O)[O-]. The summed E-state index contributed by atoms with van der Waals surface area (Å²) in [6.45, 7) is 0.668. The first-order valence-electron chi connectivity index (χ1n) is 7.32. The van der Waals surface area contributed by atoms with Crippen molar-refractivity contribution in [3.8, 4) is 0 Å². The van der Waals surface area contributed by atoms with Gasteiger partial charge in [0.15, 0.2) is 0 Å². The van der Waals surface area contributed by atoms with Crippen LogP contribution in [-0.2, 0) is 6.54 Å². The number of nitrogens with two attached hydrogens (primary N) is 2. The lowest BCUT2D eigenvalue weighted by molar-refractivity contribution is -0.384. The average molecular weight is 393 g/mol. The first kappa shape index (κ1) is 26.7. The lowest BCUT2D eigenvalue weighted by Gasteiger charge is -2.09. The Hall–Kier alpha value is -3.53. The topological polar surface area (TPSA) is 159 Å². The minimum atomic E-state index is -0.623. The van der Waals surface area contributed by atoms with E-state index < -0.39 is 9.85 Å². The summed E-state index contributed by atoms with van der Waals surface area (Å²) >= 11 is 0. The van der Waals surface area contributed by atoms with Gasteiger partial charge in [0.05, 0.1) is 9.85 Å². The molecule has 0 radical (unpaired) electrons. The molecule has 0 spiro atoms. The lowest BCUT2D eigenvalue weighted by Crippen LogP contribution is -2.11. The van der Waals surface area contributed by atoms with E-state index in [9.17, 15) is 25.0 Å². The van der Waals surface area contributed by atoms with Gasteiger partial charge in [0.1, 0.15) is 17.7 Å². The number of nitrogen functional groups attached to an aromatic ring is 2. The Balaban J connectivity index is 0. The summed E-state index contributed by atoms with van der Waals surface area (Å²) in [6.07, 6.45) is 0.534. The van der Waals surface area contributed by atoms with Gasteiger partial charge in [-0.05, 0) is 37.9 Å². The van der Waals surface area contributed by atoms with Crippen LogP contribution in [-0.4, -0.2) is 35.1 Å². The second-order valence-corrected chi connectivity index (χ2v) is 5.58. The maximum absolute atomic E-state index is 10.6. The van der Waals surface area contributed by atoms with E-state index >= 15 is 0 Å². The van der Waals surface area contributed by atoms with Crippen LogP contribution in [0.1, 0.15) is 30.8 Å². The molecule has 2 rings (SSSR count). The smallest absolute Gasteiger partial charge is 0.292 e. The molecule has 0 saturated carbocycles. The molecule has 0 unspecified atom stereocenters. The molecule has 0 aliphatic heterocycles. The highest BCUT2D eigenvalue weighted by atomic mass is 16.6. The van der Waals surface area contributed by atoms with Crippen molar-refractivity contribution in [1.82, 2.24) is 4.90 Å². The minimum absolute atomic E-state index is 0. The van der Waals surface area contributed by atoms with E-state index in [2.05, 4.69) is 0 Å². The molecule has 0 aromatic heterocycles. The van der Waals surface area contributed by atoms with E-state index in [0.717, 1.165) is 11.6 Å². The molecule has 154 valence electrons. The normalized spacial score (nSPS) is 9.25. The van der Waals surface area contributed by atoms with Gasteiger partial charge in [-0.25, -0.2) is 0 Å². The quantitative estimate of drug-likeness (QED) is 0.338.